The lowest BCUT2D eigenvalue weighted by molar-refractivity contribution is 0.0263. The molecular weight excluding hydrogens is 192 g/mol. The Hall–Kier alpha value is 0. The summed E-state index contributed by atoms with van der Waals surface area (Å²) in [6.45, 7) is 7.42. The lowest BCUT2D eigenvalue weighted by atomic mass is 9.58. The van der Waals surface area contributed by atoms with Gasteiger partial charge in [-0.3, -0.25) is 0 Å². The van der Waals surface area contributed by atoms with Crippen molar-refractivity contribution in [3.8, 4) is 0 Å². The number of hydrogen-bond acceptors (Lipinski definition) is 0. The molecule has 0 radical (unpaired) electrons. The zero-order valence-electron chi connectivity index (χ0n) is 11.3. The topological polar surface area (TPSA) is 0 Å². The van der Waals surface area contributed by atoms with Gasteiger partial charge in [-0.1, -0.05) is 40.0 Å². The Morgan fingerprint density at radius 3 is 2.44 bits per heavy atom. The molecule has 0 saturated heterocycles. The van der Waals surface area contributed by atoms with E-state index in [1.54, 1.807) is 25.7 Å². The fourth-order valence-electron chi connectivity index (χ4n) is 4.78. The second kappa shape index (κ2) is 3.75. The standard InChI is InChI=1S/C16H28/c1-4-16(9-11(2)10-16)15-8-14(15)12(3)7-13-5-6-13/h11-15H,4-10H2,1-3H3. The Balaban J connectivity index is 1.53. The molecule has 3 fully saturated rings. The lowest BCUT2D eigenvalue weighted by Gasteiger charge is -2.47. The maximum atomic E-state index is 2.54. The minimum atomic E-state index is 0.807. The van der Waals surface area contributed by atoms with Crippen molar-refractivity contribution in [2.45, 2.75) is 65.7 Å². The molecule has 3 aliphatic carbocycles. The molecule has 0 nitrogen and oxygen atoms in total. The van der Waals surface area contributed by atoms with Crippen LogP contribution in [0.15, 0.2) is 0 Å². The average Bonchev–Trinajstić information content (AvgIpc) is 3.04. The summed E-state index contributed by atoms with van der Waals surface area (Å²) in [7, 11) is 0. The molecule has 92 valence electrons. The normalized spacial score (nSPS) is 48.6. The van der Waals surface area contributed by atoms with E-state index in [2.05, 4.69) is 20.8 Å². The first-order valence-corrected chi connectivity index (χ1v) is 7.64. The molecule has 0 bridgehead atoms. The van der Waals surface area contributed by atoms with Gasteiger partial charge in [-0.05, 0) is 60.7 Å². The summed E-state index contributed by atoms with van der Waals surface area (Å²) in [5, 5.41) is 0. The second-order valence-corrected chi connectivity index (χ2v) is 7.39. The minimum absolute atomic E-state index is 0.807. The molecule has 16 heavy (non-hydrogen) atoms. The molecule has 0 aliphatic heterocycles. The monoisotopic (exact) mass is 220 g/mol. The number of hydrogen-bond donors (Lipinski definition) is 0. The highest BCUT2D eigenvalue weighted by atomic mass is 14.6. The summed E-state index contributed by atoms with van der Waals surface area (Å²) >= 11 is 0. The second-order valence-electron chi connectivity index (χ2n) is 7.39. The van der Waals surface area contributed by atoms with Gasteiger partial charge < -0.3 is 0 Å². The van der Waals surface area contributed by atoms with Crippen LogP contribution in [0.3, 0.4) is 0 Å². The van der Waals surface area contributed by atoms with Crippen molar-refractivity contribution in [2.24, 2.45) is 35.0 Å². The largest absolute Gasteiger partial charge is 0.0648 e. The fraction of sp³-hybridized carbons (Fsp3) is 1.00. The van der Waals surface area contributed by atoms with E-state index in [9.17, 15) is 0 Å². The predicted molar refractivity (Wildman–Crippen MR) is 69.2 cm³/mol. The van der Waals surface area contributed by atoms with Crippen LogP contribution >= 0.6 is 0 Å². The highest BCUT2D eigenvalue weighted by Gasteiger charge is 2.57. The molecule has 3 saturated carbocycles. The molecular formula is C16H28. The van der Waals surface area contributed by atoms with E-state index >= 15 is 0 Å². The van der Waals surface area contributed by atoms with Gasteiger partial charge in [0.15, 0.2) is 0 Å². The molecule has 3 atom stereocenters. The molecule has 0 aromatic rings. The third kappa shape index (κ3) is 1.83. The first-order chi connectivity index (χ1) is 7.64. The van der Waals surface area contributed by atoms with Gasteiger partial charge in [0.2, 0.25) is 0 Å². The Labute approximate surface area is 101 Å². The van der Waals surface area contributed by atoms with Crippen molar-refractivity contribution in [2.75, 3.05) is 0 Å². The van der Waals surface area contributed by atoms with E-state index in [1.165, 1.54) is 19.3 Å². The van der Waals surface area contributed by atoms with Gasteiger partial charge in [0.25, 0.3) is 0 Å². The van der Waals surface area contributed by atoms with Crippen LogP contribution in [0.5, 0.6) is 0 Å². The van der Waals surface area contributed by atoms with Crippen molar-refractivity contribution in [1.82, 2.24) is 0 Å². The first-order valence-electron chi connectivity index (χ1n) is 7.64. The van der Waals surface area contributed by atoms with Crippen LogP contribution in [0, 0.1) is 35.0 Å². The summed E-state index contributed by atoms with van der Waals surface area (Å²) in [5.74, 6) is 5.45. The van der Waals surface area contributed by atoms with Crippen LogP contribution in [0.1, 0.15) is 65.7 Å². The third-order valence-electron chi connectivity index (χ3n) is 5.97. The summed E-state index contributed by atoms with van der Waals surface area (Å²) < 4.78 is 0. The van der Waals surface area contributed by atoms with E-state index in [4.69, 9.17) is 0 Å². The van der Waals surface area contributed by atoms with Crippen LogP contribution in [-0.4, -0.2) is 0 Å². The van der Waals surface area contributed by atoms with Crippen molar-refractivity contribution >= 4 is 0 Å². The van der Waals surface area contributed by atoms with Gasteiger partial charge in [-0.25, -0.2) is 0 Å². The molecule has 0 heteroatoms. The summed E-state index contributed by atoms with van der Waals surface area (Å²) in [5.41, 5.74) is 0.807. The SMILES string of the molecule is CCC1(C2CC2C(C)CC2CC2)CC(C)C1. The van der Waals surface area contributed by atoms with E-state index in [0.717, 1.165) is 35.0 Å². The molecule has 0 amide bonds. The molecule has 0 heterocycles. The molecule has 3 aliphatic rings. The highest BCUT2D eigenvalue weighted by molar-refractivity contribution is 5.06. The van der Waals surface area contributed by atoms with Crippen molar-refractivity contribution in [3.63, 3.8) is 0 Å². The van der Waals surface area contributed by atoms with Crippen molar-refractivity contribution in [3.05, 3.63) is 0 Å². The number of rotatable bonds is 5. The van der Waals surface area contributed by atoms with E-state index in [-0.39, 0.29) is 0 Å². The zero-order chi connectivity index (χ0) is 11.3. The maximum Gasteiger partial charge on any atom is -0.0264 e. The Morgan fingerprint density at radius 2 is 1.94 bits per heavy atom. The van der Waals surface area contributed by atoms with Crippen LogP contribution in [0.4, 0.5) is 0 Å². The molecule has 3 rings (SSSR count). The van der Waals surface area contributed by atoms with E-state index in [0.29, 0.717) is 0 Å². The Bertz CT molecular complexity index is 257. The van der Waals surface area contributed by atoms with Gasteiger partial charge in [0.1, 0.15) is 0 Å². The van der Waals surface area contributed by atoms with Crippen LogP contribution in [0.25, 0.3) is 0 Å². The molecule has 0 aromatic heterocycles. The molecule has 0 spiro atoms. The first kappa shape index (κ1) is 11.1. The highest BCUT2D eigenvalue weighted by Crippen LogP contribution is 2.66. The maximum absolute atomic E-state index is 2.54. The van der Waals surface area contributed by atoms with Gasteiger partial charge in [-0.2, -0.15) is 0 Å². The van der Waals surface area contributed by atoms with Crippen molar-refractivity contribution in [1.29, 1.82) is 0 Å². The smallest absolute Gasteiger partial charge is 0.0264 e. The Morgan fingerprint density at radius 1 is 1.25 bits per heavy atom. The molecule has 0 N–H and O–H groups in total. The van der Waals surface area contributed by atoms with Crippen LogP contribution < -0.4 is 0 Å². The van der Waals surface area contributed by atoms with Gasteiger partial charge in [0.05, 0.1) is 0 Å². The Kier molecular flexibility index (Phi) is 2.60. The molecule has 0 aromatic carbocycles. The van der Waals surface area contributed by atoms with E-state index in [1.807, 2.05) is 0 Å². The quantitative estimate of drug-likeness (QED) is 0.619. The summed E-state index contributed by atoms with van der Waals surface area (Å²) in [6.07, 6.45) is 10.7. The van der Waals surface area contributed by atoms with Gasteiger partial charge >= 0.3 is 0 Å². The minimum Gasteiger partial charge on any atom is -0.0648 e. The predicted octanol–water partition coefficient (Wildman–Crippen LogP) is 4.89. The average molecular weight is 220 g/mol. The lowest BCUT2D eigenvalue weighted by Crippen LogP contribution is -2.38. The summed E-state index contributed by atoms with van der Waals surface area (Å²) in [6, 6.07) is 0. The van der Waals surface area contributed by atoms with Gasteiger partial charge in [0, 0.05) is 0 Å². The van der Waals surface area contributed by atoms with Gasteiger partial charge in [-0.15, -0.1) is 0 Å². The van der Waals surface area contributed by atoms with Crippen LogP contribution in [-0.2, 0) is 0 Å². The van der Waals surface area contributed by atoms with E-state index < -0.39 is 0 Å². The van der Waals surface area contributed by atoms with Crippen LogP contribution in [0.2, 0.25) is 0 Å². The summed E-state index contributed by atoms with van der Waals surface area (Å²) in [4.78, 5) is 0. The zero-order valence-corrected chi connectivity index (χ0v) is 11.3. The molecule has 3 unspecified atom stereocenters. The van der Waals surface area contributed by atoms with Crippen molar-refractivity contribution < 1.29 is 0 Å². The third-order valence-corrected chi connectivity index (χ3v) is 5.97. The fourth-order valence-corrected chi connectivity index (χ4v) is 4.78.